The lowest BCUT2D eigenvalue weighted by molar-refractivity contribution is -0.0394. The van der Waals surface area contributed by atoms with E-state index < -0.39 is 0 Å². The summed E-state index contributed by atoms with van der Waals surface area (Å²) in [5, 5.41) is 43.3. The number of benzene rings is 2. The summed E-state index contributed by atoms with van der Waals surface area (Å²) in [6.07, 6.45) is 14.8. The number of nitrogens with one attached hydrogen (secondary N) is 5. The van der Waals surface area contributed by atoms with E-state index in [0.29, 0.717) is 23.5 Å². The van der Waals surface area contributed by atoms with Crippen LogP contribution < -0.4 is 21.3 Å². The van der Waals surface area contributed by atoms with Gasteiger partial charge in [0.25, 0.3) is 0 Å². The quantitative estimate of drug-likeness (QED) is 0.0515. The highest BCUT2D eigenvalue weighted by Crippen LogP contribution is 2.35. The molecule has 2 aromatic carbocycles. The molecule has 3 aliphatic rings. The zero-order chi connectivity index (χ0) is 50.7. The van der Waals surface area contributed by atoms with E-state index in [1.165, 1.54) is 0 Å². The van der Waals surface area contributed by atoms with E-state index in [2.05, 4.69) is 70.3 Å². The molecule has 6 aromatic rings. The smallest absolute Gasteiger partial charge is 0.321 e. The van der Waals surface area contributed by atoms with Crippen LogP contribution in [0.2, 0.25) is 0 Å². The fourth-order valence-corrected chi connectivity index (χ4v) is 9.49. The molecule has 5 atom stereocenters. The number of carbonyl (C=O) groups excluding carboxylic acids is 2. The highest BCUT2D eigenvalue weighted by Gasteiger charge is 2.27. The number of pyridine rings is 2. The summed E-state index contributed by atoms with van der Waals surface area (Å²) in [6.45, 7) is 16.3. The third kappa shape index (κ3) is 13.0. The molecule has 72 heavy (non-hydrogen) atoms. The second kappa shape index (κ2) is 24.1. The van der Waals surface area contributed by atoms with Gasteiger partial charge < -0.3 is 46.0 Å². The number of amides is 4. The number of aromatic nitrogens is 6. The van der Waals surface area contributed by atoms with Crippen LogP contribution in [0.4, 0.5) is 32.6 Å². The van der Waals surface area contributed by atoms with Crippen LogP contribution >= 0.6 is 0 Å². The summed E-state index contributed by atoms with van der Waals surface area (Å²) in [6, 6.07) is 19.6. The molecule has 4 aromatic heterocycles. The summed E-state index contributed by atoms with van der Waals surface area (Å²) < 4.78 is 7.79. The van der Waals surface area contributed by atoms with Gasteiger partial charge in [-0.15, -0.1) is 0 Å². The van der Waals surface area contributed by atoms with Crippen LogP contribution in [-0.4, -0.2) is 120 Å². The lowest BCUT2D eigenvalue weighted by Crippen LogP contribution is -2.32. The minimum Gasteiger partial charge on any atom is -0.394 e. The number of carbonyl (C=O) groups is 2. The highest BCUT2D eigenvalue weighted by molar-refractivity contribution is 5.92. The molecule has 7 N–H and O–H groups in total. The number of hydrogen-bond acceptors (Lipinski definition) is 11. The first-order valence-electron chi connectivity index (χ1n) is 25.7. The van der Waals surface area contributed by atoms with Gasteiger partial charge in [-0.3, -0.25) is 5.10 Å². The van der Waals surface area contributed by atoms with Gasteiger partial charge in [0.1, 0.15) is 17.9 Å². The first-order valence-corrected chi connectivity index (χ1v) is 25.7. The molecular weight excluding hydrogens is 909 g/mol. The number of aryl methyl sites for hydroxylation is 2. The van der Waals surface area contributed by atoms with E-state index in [4.69, 9.17) is 14.7 Å². The Morgan fingerprint density at radius 2 is 1.25 bits per heavy atom. The number of aromatic amines is 1. The molecule has 7 heterocycles. The summed E-state index contributed by atoms with van der Waals surface area (Å²) in [4.78, 5) is 39.1. The molecule has 17 heteroatoms. The van der Waals surface area contributed by atoms with Crippen LogP contribution in [0.1, 0.15) is 90.0 Å². The van der Waals surface area contributed by atoms with Crippen molar-refractivity contribution in [3.63, 3.8) is 0 Å². The molecule has 0 saturated carbocycles. The Kier molecular flexibility index (Phi) is 17.2. The average Bonchev–Trinajstić information content (AvgIpc) is 4.26. The summed E-state index contributed by atoms with van der Waals surface area (Å²) in [5.41, 5.74) is 11.0. The van der Waals surface area contributed by atoms with Gasteiger partial charge in [-0.1, -0.05) is 38.8 Å². The largest absolute Gasteiger partial charge is 0.394 e. The molecule has 0 bridgehead atoms. The van der Waals surface area contributed by atoms with Gasteiger partial charge in [0.05, 0.1) is 37.0 Å². The maximum atomic E-state index is 12.9. The SMILES string of the molecule is CC[C@@H]1CCN(C(=O)Nc2ccc(C)c(-c3cc(N[C@@H](C)CO)nc(-c4cn[nH]c4)c3)c2)C1.CC[C@@H]1CCN(C(=O)Nc2ccc(C)c(-c3cc(N[C@@H](C)CO)nc(-c4cnn(C5CCCCO5)c4)c3)c2)C1. The second-order valence-electron chi connectivity index (χ2n) is 19.7. The zero-order valence-corrected chi connectivity index (χ0v) is 42.6. The number of nitrogens with zero attached hydrogens (tertiary/aromatic N) is 7. The molecular formula is C55H72N12O5. The van der Waals surface area contributed by atoms with Gasteiger partial charge >= 0.3 is 12.1 Å². The maximum absolute atomic E-state index is 12.9. The van der Waals surface area contributed by atoms with Crippen LogP contribution in [0.3, 0.4) is 0 Å². The van der Waals surface area contributed by atoms with Crippen LogP contribution in [0.15, 0.2) is 85.5 Å². The molecule has 1 unspecified atom stereocenters. The number of H-pyrrole nitrogens is 1. The topological polar surface area (TPSA) is 211 Å². The first kappa shape index (κ1) is 51.5. The molecule has 4 amide bonds. The number of urea groups is 2. The average molecular weight is 981 g/mol. The number of likely N-dealkylation sites (tertiary alicyclic amines) is 2. The van der Waals surface area contributed by atoms with E-state index in [-0.39, 0.29) is 43.6 Å². The van der Waals surface area contributed by atoms with Crippen LogP contribution in [0.5, 0.6) is 0 Å². The lowest BCUT2D eigenvalue weighted by Gasteiger charge is -2.22. The van der Waals surface area contributed by atoms with Crippen LogP contribution in [0, 0.1) is 25.7 Å². The van der Waals surface area contributed by atoms with Crippen molar-refractivity contribution in [1.82, 2.24) is 39.7 Å². The maximum Gasteiger partial charge on any atom is 0.321 e. The Hall–Kier alpha value is -6.82. The van der Waals surface area contributed by atoms with E-state index in [9.17, 15) is 19.8 Å². The number of hydrogen-bond donors (Lipinski definition) is 7. The Bertz CT molecular complexity index is 2760. The summed E-state index contributed by atoms with van der Waals surface area (Å²) in [7, 11) is 0. The number of aliphatic hydroxyl groups is 2. The monoisotopic (exact) mass is 981 g/mol. The van der Waals surface area contributed by atoms with Crippen molar-refractivity contribution in [3.05, 3.63) is 96.6 Å². The predicted molar refractivity (Wildman–Crippen MR) is 285 cm³/mol. The molecule has 3 saturated heterocycles. The van der Waals surface area contributed by atoms with Gasteiger partial charge in [-0.2, -0.15) is 10.2 Å². The van der Waals surface area contributed by atoms with Crippen molar-refractivity contribution in [1.29, 1.82) is 0 Å². The highest BCUT2D eigenvalue weighted by atomic mass is 16.5. The van der Waals surface area contributed by atoms with Crippen molar-refractivity contribution >= 4 is 35.1 Å². The minimum absolute atomic E-state index is 0.00286. The van der Waals surface area contributed by atoms with E-state index in [0.717, 1.165) is 145 Å². The predicted octanol–water partition coefficient (Wildman–Crippen LogP) is 10.2. The van der Waals surface area contributed by atoms with Gasteiger partial charge in [0.2, 0.25) is 0 Å². The fourth-order valence-electron chi connectivity index (χ4n) is 9.49. The van der Waals surface area contributed by atoms with E-state index in [1.54, 1.807) is 12.4 Å². The standard InChI is InChI=1S/C30H40N6O3.C25H32N6O2/c1-4-22-10-11-35(17-22)30(38)33-25-9-8-20(2)26(15-25)23-13-27(34-28(14-23)32-21(3)19-37)24-16-31-36(18-24)29-7-5-6-12-39-29;1-4-18-7-8-31(14-18)25(33)29-21-6-5-16(2)22(11-21)19-9-23(20-12-26-27-13-20)30-24(10-19)28-17(3)15-32/h8-9,13-16,18,21-22,29,37H,4-7,10-12,17,19H2,1-3H3,(H,32,34)(H,33,38);5-6,9-13,17-18,32H,4,7-8,14-15H2,1-3H3,(H,26,27)(H,28,30)(H,29,33)/t21-,22+,29?;17-,18+/m00/s1. The van der Waals surface area contributed by atoms with Crippen LogP contribution in [0.25, 0.3) is 44.8 Å². The fraction of sp³-hybridized carbons (Fsp3) is 0.455. The Balaban J connectivity index is 0.000000195. The molecule has 0 spiro atoms. The van der Waals surface area contributed by atoms with Gasteiger partial charge in [0.15, 0.2) is 0 Å². The van der Waals surface area contributed by atoms with Crippen molar-refractivity contribution in [2.45, 2.75) is 105 Å². The minimum atomic E-state index is -0.155. The Morgan fingerprint density at radius 3 is 1.71 bits per heavy atom. The molecule has 9 rings (SSSR count). The normalized spacial score (nSPS) is 18.5. The van der Waals surface area contributed by atoms with Gasteiger partial charge in [-0.25, -0.2) is 24.2 Å². The van der Waals surface area contributed by atoms with E-state index >= 15 is 0 Å². The zero-order valence-electron chi connectivity index (χ0n) is 42.6. The molecule has 382 valence electrons. The second-order valence-corrected chi connectivity index (χ2v) is 19.7. The van der Waals surface area contributed by atoms with Gasteiger partial charge in [0, 0.05) is 79.8 Å². The first-order chi connectivity index (χ1) is 34.9. The molecule has 3 fully saturated rings. The molecule has 0 radical (unpaired) electrons. The van der Waals surface area contributed by atoms with Crippen molar-refractivity contribution in [3.8, 4) is 44.8 Å². The molecule has 3 aliphatic heterocycles. The Morgan fingerprint density at radius 1 is 0.708 bits per heavy atom. The Labute approximate surface area is 423 Å². The van der Waals surface area contributed by atoms with E-state index in [1.807, 2.05) is 95.3 Å². The number of aliphatic hydroxyl groups excluding tert-OH is 2. The summed E-state index contributed by atoms with van der Waals surface area (Å²) >= 11 is 0. The van der Waals surface area contributed by atoms with Crippen molar-refractivity contribution in [2.24, 2.45) is 11.8 Å². The summed E-state index contributed by atoms with van der Waals surface area (Å²) in [5.74, 6) is 2.51. The molecule has 0 aliphatic carbocycles. The number of rotatable bonds is 15. The number of anilines is 4. The lowest BCUT2D eigenvalue weighted by atomic mass is 9.99. The van der Waals surface area contributed by atoms with Crippen molar-refractivity contribution in [2.75, 3.05) is 67.3 Å². The molecule has 17 nitrogen and oxygen atoms in total. The van der Waals surface area contributed by atoms with Crippen LogP contribution in [-0.2, 0) is 4.74 Å². The third-order valence-corrected chi connectivity index (χ3v) is 14.0. The third-order valence-electron chi connectivity index (χ3n) is 14.0. The number of ether oxygens (including phenoxy) is 1. The van der Waals surface area contributed by atoms with Gasteiger partial charge in [-0.05, 0) is 154 Å². The van der Waals surface area contributed by atoms with Crippen molar-refractivity contribution < 1.29 is 24.5 Å².